The Morgan fingerprint density at radius 3 is 2.15 bits per heavy atom. The number of amides is 4. The van der Waals surface area contributed by atoms with Crippen molar-refractivity contribution in [2.24, 2.45) is 11.7 Å². The van der Waals surface area contributed by atoms with E-state index in [9.17, 15) is 33.9 Å². The van der Waals surface area contributed by atoms with E-state index in [2.05, 4.69) is 21.3 Å². The maximum Gasteiger partial charge on any atom is 0.326 e. The number of aliphatic carboxylic acids is 2. The summed E-state index contributed by atoms with van der Waals surface area (Å²) in [6, 6.07) is -4.48. The Labute approximate surface area is 191 Å². The number of primary amides is 1. The number of carbonyl (C=O) groups excluding carboxylic acids is 4. The second kappa shape index (κ2) is 13.4. The standard InChI is InChI=1S/C20H33N5O8/c1-3-10(2)16(25-17(29)11-5-4-8-22-11)19(31)24-13(9-14(21)26)18(30)23-12(20(32)33)6-7-15(27)28/h10-13,16,22H,3-9H2,1-2H3,(H2,21,26)(H,23,30)(H,24,31)(H,25,29)(H,27,28)(H,32,33). The fraction of sp³-hybridized carbons (Fsp3) is 0.700. The van der Waals surface area contributed by atoms with Gasteiger partial charge < -0.3 is 37.2 Å². The number of rotatable bonds is 14. The molecular weight excluding hydrogens is 438 g/mol. The highest BCUT2D eigenvalue weighted by atomic mass is 16.4. The lowest BCUT2D eigenvalue weighted by Gasteiger charge is -2.27. The van der Waals surface area contributed by atoms with Gasteiger partial charge in [-0.25, -0.2) is 4.79 Å². The van der Waals surface area contributed by atoms with Crippen LogP contribution < -0.4 is 27.0 Å². The molecule has 186 valence electrons. The number of carbonyl (C=O) groups is 6. The van der Waals surface area contributed by atoms with E-state index in [0.717, 1.165) is 6.42 Å². The van der Waals surface area contributed by atoms with Crippen LogP contribution in [0.2, 0.25) is 0 Å². The van der Waals surface area contributed by atoms with E-state index in [0.29, 0.717) is 19.4 Å². The van der Waals surface area contributed by atoms with Crippen molar-refractivity contribution in [1.29, 1.82) is 0 Å². The summed E-state index contributed by atoms with van der Waals surface area (Å²) in [4.78, 5) is 71.6. The third-order valence-electron chi connectivity index (χ3n) is 5.47. The van der Waals surface area contributed by atoms with Crippen LogP contribution in [-0.4, -0.2) is 76.5 Å². The van der Waals surface area contributed by atoms with Crippen LogP contribution in [0, 0.1) is 5.92 Å². The Kier molecular flexibility index (Phi) is 11.3. The molecule has 1 aliphatic heterocycles. The van der Waals surface area contributed by atoms with Gasteiger partial charge in [-0.05, 0) is 31.7 Å². The van der Waals surface area contributed by atoms with Gasteiger partial charge in [0.05, 0.1) is 12.5 Å². The van der Waals surface area contributed by atoms with Gasteiger partial charge in [0.2, 0.25) is 23.6 Å². The Balaban J connectivity index is 2.95. The molecular formula is C20H33N5O8. The molecule has 33 heavy (non-hydrogen) atoms. The van der Waals surface area contributed by atoms with Gasteiger partial charge in [-0.15, -0.1) is 0 Å². The van der Waals surface area contributed by atoms with Crippen LogP contribution in [-0.2, 0) is 28.8 Å². The summed E-state index contributed by atoms with van der Waals surface area (Å²) < 4.78 is 0. The lowest BCUT2D eigenvalue weighted by atomic mass is 9.97. The SMILES string of the molecule is CCC(C)C(NC(=O)C1CCCN1)C(=O)NC(CC(N)=O)C(=O)NC(CCC(=O)O)C(=O)O. The van der Waals surface area contributed by atoms with Crippen molar-refractivity contribution in [3.8, 4) is 0 Å². The number of nitrogens with one attached hydrogen (secondary N) is 4. The highest BCUT2D eigenvalue weighted by molar-refractivity contribution is 5.96. The van der Waals surface area contributed by atoms with Crippen molar-refractivity contribution in [3.05, 3.63) is 0 Å². The number of carboxylic acids is 2. The second-order valence-electron chi connectivity index (χ2n) is 8.08. The molecule has 1 saturated heterocycles. The van der Waals surface area contributed by atoms with Gasteiger partial charge in [-0.2, -0.15) is 0 Å². The molecule has 0 radical (unpaired) electrons. The summed E-state index contributed by atoms with van der Waals surface area (Å²) in [5, 5.41) is 28.2. The van der Waals surface area contributed by atoms with E-state index in [4.69, 9.17) is 10.8 Å². The number of hydrogen-bond acceptors (Lipinski definition) is 7. The van der Waals surface area contributed by atoms with Gasteiger partial charge in [-0.3, -0.25) is 24.0 Å². The molecule has 0 aromatic heterocycles. The zero-order chi connectivity index (χ0) is 25.1. The maximum absolute atomic E-state index is 13.0. The quantitative estimate of drug-likeness (QED) is 0.150. The van der Waals surface area contributed by atoms with Gasteiger partial charge in [0, 0.05) is 6.42 Å². The predicted molar refractivity (Wildman–Crippen MR) is 115 cm³/mol. The first-order valence-electron chi connectivity index (χ1n) is 10.8. The number of nitrogens with two attached hydrogens (primary N) is 1. The molecule has 13 heteroatoms. The Morgan fingerprint density at radius 1 is 1.03 bits per heavy atom. The van der Waals surface area contributed by atoms with Crippen molar-refractivity contribution < 1.29 is 39.0 Å². The Hall–Kier alpha value is -3.22. The summed E-state index contributed by atoms with van der Waals surface area (Å²) >= 11 is 0. The topological polar surface area (TPSA) is 217 Å². The van der Waals surface area contributed by atoms with Crippen LogP contribution in [0.15, 0.2) is 0 Å². The van der Waals surface area contributed by atoms with Crippen molar-refractivity contribution >= 4 is 35.6 Å². The molecule has 5 unspecified atom stereocenters. The minimum absolute atomic E-state index is 0.310. The lowest BCUT2D eigenvalue weighted by molar-refractivity contribution is -0.143. The highest BCUT2D eigenvalue weighted by Gasteiger charge is 2.34. The fourth-order valence-electron chi connectivity index (χ4n) is 3.33. The van der Waals surface area contributed by atoms with Gasteiger partial charge in [0.25, 0.3) is 0 Å². The monoisotopic (exact) mass is 471 g/mol. The van der Waals surface area contributed by atoms with Gasteiger partial charge >= 0.3 is 11.9 Å². The first-order chi connectivity index (χ1) is 15.5. The number of carboxylic acid groups (broad SMARTS) is 2. The Morgan fingerprint density at radius 2 is 1.67 bits per heavy atom. The summed E-state index contributed by atoms with van der Waals surface area (Å²) in [7, 11) is 0. The molecule has 0 aromatic carbocycles. The molecule has 1 aliphatic rings. The second-order valence-corrected chi connectivity index (χ2v) is 8.08. The molecule has 4 amide bonds. The maximum atomic E-state index is 13.0. The van der Waals surface area contributed by atoms with E-state index in [1.54, 1.807) is 6.92 Å². The molecule has 8 N–H and O–H groups in total. The van der Waals surface area contributed by atoms with Crippen LogP contribution in [0.25, 0.3) is 0 Å². The molecule has 13 nitrogen and oxygen atoms in total. The van der Waals surface area contributed by atoms with E-state index in [-0.39, 0.29) is 11.8 Å². The summed E-state index contributed by atoms with van der Waals surface area (Å²) in [5.74, 6) is -6.05. The smallest absolute Gasteiger partial charge is 0.326 e. The van der Waals surface area contributed by atoms with Crippen LogP contribution >= 0.6 is 0 Å². The predicted octanol–water partition coefficient (Wildman–Crippen LogP) is -1.94. The molecule has 1 fully saturated rings. The third-order valence-corrected chi connectivity index (χ3v) is 5.47. The number of hydrogen-bond donors (Lipinski definition) is 7. The van der Waals surface area contributed by atoms with Crippen molar-refractivity contribution in [2.75, 3.05) is 6.54 Å². The summed E-state index contributed by atoms with van der Waals surface area (Å²) in [6.45, 7) is 4.24. The molecule has 0 bridgehead atoms. The molecule has 0 saturated carbocycles. The van der Waals surface area contributed by atoms with Gasteiger partial charge in [-0.1, -0.05) is 20.3 Å². The molecule has 0 spiro atoms. The fourth-order valence-corrected chi connectivity index (χ4v) is 3.33. The molecule has 0 aromatic rings. The minimum Gasteiger partial charge on any atom is -0.481 e. The van der Waals surface area contributed by atoms with Gasteiger partial charge in [0.15, 0.2) is 0 Å². The van der Waals surface area contributed by atoms with Crippen molar-refractivity contribution in [1.82, 2.24) is 21.3 Å². The van der Waals surface area contributed by atoms with Crippen LogP contribution in [0.5, 0.6) is 0 Å². The molecule has 1 rings (SSSR count). The van der Waals surface area contributed by atoms with E-state index in [1.165, 1.54) is 0 Å². The molecule has 0 aliphatic carbocycles. The average Bonchev–Trinajstić information content (AvgIpc) is 3.27. The molecule has 5 atom stereocenters. The third kappa shape index (κ3) is 9.43. The first-order valence-corrected chi connectivity index (χ1v) is 10.8. The normalized spacial score (nSPS) is 18.9. The molecule has 1 heterocycles. The highest BCUT2D eigenvalue weighted by Crippen LogP contribution is 2.12. The zero-order valence-corrected chi connectivity index (χ0v) is 18.8. The van der Waals surface area contributed by atoms with Crippen LogP contribution in [0.3, 0.4) is 0 Å². The average molecular weight is 472 g/mol. The Bertz CT molecular complexity index is 753. The minimum atomic E-state index is -1.54. The lowest BCUT2D eigenvalue weighted by Crippen LogP contribution is -2.59. The van der Waals surface area contributed by atoms with Crippen LogP contribution in [0.1, 0.15) is 52.4 Å². The van der Waals surface area contributed by atoms with E-state index >= 15 is 0 Å². The van der Waals surface area contributed by atoms with Gasteiger partial charge in [0.1, 0.15) is 18.1 Å². The summed E-state index contributed by atoms with van der Waals surface area (Å²) in [5.41, 5.74) is 5.18. The largest absolute Gasteiger partial charge is 0.481 e. The van der Waals surface area contributed by atoms with Crippen LogP contribution in [0.4, 0.5) is 0 Å². The summed E-state index contributed by atoms with van der Waals surface area (Å²) in [6.07, 6.45) is 0.453. The van der Waals surface area contributed by atoms with Crippen molar-refractivity contribution in [2.45, 2.75) is 76.5 Å². The first kappa shape index (κ1) is 27.8. The van der Waals surface area contributed by atoms with E-state index in [1.807, 2.05) is 6.92 Å². The zero-order valence-electron chi connectivity index (χ0n) is 18.8. The van der Waals surface area contributed by atoms with Crippen molar-refractivity contribution in [3.63, 3.8) is 0 Å². The van der Waals surface area contributed by atoms with E-state index < -0.39 is 73.1 Å².